The Balaban J connectivity index is 1.58. The van der Waals surface area contributed by atoms with Crippen LogP contribution in [0.1, 0.15) is 27.2 Å². The van der Waals surface area contributed by atoms with E-state index in [1.165, 1.54) is 24.5 Å². The first kappa shape index (κ1) is 22.6. The Morgan fingerprint density at radius 2 is 1.66 bits per heavy atom. The van der Waals surface area contributed by atoms with Crippen molar-refractivity contribution in [1.82, 2.24) is 15.3 Å². The van der Waals surface area contributed by atoms with Crippen molar-refractivity contribution in [2.75, 3.05) is 11.6 Å². The van der Waals surface area contributed by atoms with E-state index in [4.69, 9.17) is 5.26 Å². The molecule has 0 aliphatic carbocycles. The van der Waals surface area contributed by atoms with E-state index in [1.807, 2.05) is 6.07 Å². The van der Waals surface area contributed by atoms with Gasteiger partial charge < -0.3 is 10.6 Å². The third kappa shape index (κ3) is 6.20. The van der Waals surface area contributed by atoms with Gasteiger partial charge in [-0.2, -0.15) is 5.26 Å². The zero-order valence-corrected chi connectivity index (χ0v) is 17.9. The number of nitrogens with one attached hydrogen (secondary N) is 2. The number of carbonyl (C=O) groups is 2. The molecule has 2 aromatic carbocycles. The van der Waals surface area contributed by atoms with Gasteiger partial charge in [0.2, 0.25) is 5.91 Å². The second-order valence-electron chi connectivity index (χ2n) is 6.92. The highest BCUT2D eigenvalue weighted by molar-refractivity contribution is 7.90. The molecular formula is C22H19N5O4S. The summed E-state index contributed by atoms with van der Waals surface area (Å²) >= 11 is 0. The average molecular weight is 449 g/mol. The van der Waals surface area contributed by atoms with E-state index >= 15 is 0 Å². The van der Waals surface area contributed by atoms with E-state index in [1.54, 1.807) is 36.4 Å². The molecule has 0 bridgehead atoms. The molecule has 2 amide bonds. The number of hydrogen-bond donors (Lipinski definition) is 2. The second kappa shape index (κ2) is 9.80. The topological polar surface area (TPSA) is 142 Å². The maximum Gasteiger partial charge on any atom is 0.270 e. The number of anilines is 1. The number of sulfone groups is 1. The molecule has 0 unspecified atom stereocenters. The Hall–Kier alpha value is -4.10. The van der Waals surface area contributed by atoms with E-state index in [-0.39, 0.29) is 35.3 Å². The minimum absolute atomic E-state index is 0.00820. The van der Waals surface area contributed by atoms with Crippen molar-refractivity contribution in [3.63, 3.8) is 0 Å². The van der Waals surface area contributed by atoms with Gasteiger partial charge >= 0.3 is 0 Å². The van der Waals surface area contributed by atoms with E-state index in [2.05, 4.69) is 20.6 Å². The fourth-order valence-corrected chi connectivity index (χ4v) is 3.38. The molecule has 2 N–H and O–H groups in total. The standard InChI is InChI=1S/C22H19N5O4S/c1-32(30,31)18-8-6-15(7-9-18)10-21(28)27-20-11-19(25-14-26-20)22(29)24-13-17-4-2-16(12-23)3-5-17/h2-9,11,14H,10,13H2,1H3,(H,24,29)(H,25,26,27,28). The van der Waals surface area contributed by atoms with Crippen LogP contribution in [0.15, 0.2) is 65.8 Å². The SMILES string of the molecule is CS(=O)(=O)c1ccc(CC(=O)Nc2cc(C(=O)NCc3ccc(C#N)cc3)ncn2)cc1. The van der Waals surface area contributed by atoms with Crippen molar-refractivity contribution in [3.05, 3.63) is 83.3 Å². The lowest BCUT2D eigenvalue weighted by Gasteiger charge is -2.08. The minimum atomic E-state index is -3.30. The molecule has 1 aromatic heterocycles. The van der Waals surface area contributed by atoms with Crippen LogP contribution in [0.4, 0.5) is 5.82 Å². The summed E-state index contributed by atoms with van der Waals surface area (Å²) in [6, 6.07) is 16.2. The minimum Gasteiger partial charge on any atom is -0.347 e. The molecule has 0 aliphatic heterocycles. The third-order valence-corrected chi connectivity index (χ3v) is 5.55. The van der Waals surface area contributed by atoms with E-state index in [9.17, 15) is 18.0 Å². The van der Waals surface area contributed by atoms with Gasteiger partial charge in [0.1, 0.15) is 17.8 Å². The van der Waals surface area contributed by atoms with Crippen molar-refractivity contribution >= 4 is 27.5 Å². The number of rotatable bonds is 7. The van der Waals surface area contributed by atoms with Gasteiger partial charge in [-0.1, -0.05) is 24.3 Å². The number of carbonyl (C=O) groups excluding carboxylic acids is 2. The molecule has 0 spiro atoms. The summed E-state index contributed by atoms with van der Waals surface area (Å²) in [6.07, 6.45) is 2.29. The van der Waals surface area contributed by atoms with Crippen LogP contribution >= 0.6 is 0 Å². The molecule has 32 heavy (non-hydrogen) atoms. The Labute approximate surface area is 185 Å². The van der Waals surface area contributed by atoms with Crippen LogP contribution in [0.5, 0.6) is 0 Å². The molecule has 0 fully saturated rings. The third-order valence-electron chi connectivity index (χ3n) is 4.42. The van der Waals surface area contributed by atoms with Crippen LogP contribution in [0.2, 0.25) is 0 Å². The molecule has 0 atom stereocenters. The molecular weight excluding hydrogens is 430 g/mol. The van der Waals surface area contributed by atoms with Crippen molar-refractivity contribution in [2.45, 2.75) is 17.9 Å². The molecule has 10 heteroatoms. The molecule has 1 heterocycles. The first-order valence-corrected chi connectivity index (χ1v) is 11.3. The van der Waals surface area contributed by atoms with Gasteiger partial charge in [0.25, 0.3) is 5.91 Å². The normalized spacial score (nSPS) is 10.8. The second-order valence-corrected chi connectivity index (χ2v) is 8.94. The predicted molar refractivity (Wildman–Crippen MR) is 116 cm³/mol. The summed E-state index contributed by atoms with van der Waals surface area (Å²) in [7, 11) is -3.30. The summed E-state index contributed by atoms with van der Waals surface area (Å²) in [4.78, 5) is 32.7. The largest absolute Gasteiger partial charge is 0.347 e. The highest BCUT2D eigenvalue weighted by Crippen LogP contribution is 2.12. The van der Waals surface area contributed by atoms with E-state index in [0.29, 0.717) is 11.1 Å². The molecule has 3 rings (SSSR count). The number of nitrogens with zero attached hydrogens (tertiary/aromatic N) is 3. The molecule has 0 saturated carbocycles. The summed E-state index contributed by atoms with van der Waals surface area (Å²) < 4.78 is 23.0. The molecule has 3 aromatic rings. The number of benzene rings is 2. The maximum absolute atomic E-state index is 12.4. The van der Waals surface area contributed by atoms with Crippen molar-refractivity contribution in [2.24, 2.45) is 0 Å². The van der Waals surface area contributed by atoms with E-state index < -0.39 is 15.7 Å². The fourth-order valence-electron chi connectivity index (χ4n) is 2.75. The van der Waals surface area contributed by atoms with Crippen molar-refractivity contribution in [3.8, 4) is 6.07 Å². The zero-order chi connectivity index (χ0) is 23.1. The van der Waals surface area contributed by atoms with Crippen molar-refractivity contribution in [1.29, 1.82) is 5.26 Å². The Bertz CT molecular complexity index is 1280. The van der Waals surface area contributed by atoms with Gasteiger partial charge in [0.05, 0.1) is 22.9 Å². The van der Waals surface area contributed by atoms with Gasteiger partial charge in [-0.25, -0.2) is 18.4 Å². The highest BCUT2D eigenvalue weighted by atomic mass is 32.2. The van der Waals surface area contributed by atoms with Crippen LogP contribution in [-0.2, 0) is 27.6 Å². The molecule has 0 aliphatic rings. The van der Waals surface area contributed by atoms with Crippen LogP contribution in [0, 0.1) is 11.3 Å². The fraction of sp³-hybridized carbons (Fsp3) is 0.136. The number of hydrogen-bond acceptors (Lipinski definition) is 7. The van der Waals surface area contributed by atoms with Crippen LogP contribution in [0.3, 0.4) is 0 Å². The predicted octanol–water partition coefficient (Wildman–Crippen LogP) is 1.86. The summed E-state index contributed by atoms with van der Waals surface area (Å²) in [6.45, 7) is 0.250. The number of amides is 2. The van der Waals surface area contributed by atoms with Gasteiger partial charge in [0.15, 0.2) is 9.84 Å². The van der Waals surface area contributed by atoms with Gasteiger partial charge in [-0.05, 0) is 35.4 Å². The molecule has 162 valence electrons. The zero-order valence-electron chi connectivity index (χ0n) is 17.1. The van der Waals surface area contributed by atoms with E-state index in [0.717, 1.165) is 11.8 Å². The summed E-state index contributed by atoms with van der Waals surface area (Å²) in [5.74, 6) is -0.648. The smallest absolute Gasteiger partial charge is 0.270 e. The van der Waals surface area contributed by atoms with Gasteiger partial charge in [-0.15, -0.1) is 0 Å². The molecule has 0 saturated heterocycles. The Morgan fingerprint density at radius 1 is 1.00 bits per heavy atom. The Morgan fingerprint density at radius 3 is 2.28 bits per heavy atom. The lowest BCUT2D eigenvalue weighted by Crippen LogP contribution is -2.24. The van der Waals surface area contributed by atoms with Crippen molar-refractivity contribution < 1.29 is 18.0 Å². The van der Waals surface area contributed by atoms with Gasteiger partial charge in [-0.3, -0.25) is 9.59 Å². The van der Waals surface area contributed by atoms with Crippen LogP contribution in [0.25, 0.3) is 0 Å². The Kier molecular flexibility index (Phi) is 6.92. The number of nitriles is 1. The van der Waals surface area contributed by atoms with Crippen LogP contribution in [-0.4, -0.2) is 36.5 Å². The van der Waals surface area contributed by atoms with Crippen LogP contribution < -0.4 is 10.6 Å². The molecule has 9 nitrogen and oxygen atoms in total. The first-order chi connectivity index (χ1) is 15.2. The lowest BCUT2D eigenvalue weighted by molar-refractivity contribution is -0.115. The molecule has 0 radical (unpaired) electrons. The first-order valence-electron chi connectivity index (χ1n) is 9.43. The lowest BCUT2D eigenvalue weighted by atomic mass is 10.1. The number of aromatic nitrogens is 2. The maximum atomic E-state index is 12.4. The average Bonchev–Trinajstić information content (AvgIpc) is 2.77. The van der Waals surface area contributed by atoms with Gasteiger partial charge in [0, 0.05) is 18.9 Å². The monoisotopic (exact) mass is 449 g/mol. The summed E-state index contributed by atoms with van der Waals surface area (Å²) in [5.41, 5.74) is 2.07. The highest BCUT2D eigenvalue weighted by Gasteiger charge is 2.12. The summed E-state index contributed by atoms with van der Waals surface area (Å²) in [5, 5.41) is 14.1. The quantitative estimate of drug-likeness (QED) is 0.561.